The van der Waals surface area contributed by atoms with Crippen molar-refractivity contribution < 1.29 is 9.13 Å². The van der Waals surface area contributed by atoms with Crippen molar-refractivity contribution in [3.05, 3.63) is 29.7 Å². The van der Waals surface area contributed by atoms with Crippen LogP contribution in [0.3, 0.4) is 0 Å². The van der Waals surface area contributed by atoms with Crippen molar-refractivity contribution >= 4 is 27.3 Å². The van der Waals surface area contributed by atoms with Gasteiger partial charge in [-0.15, -0.1) is 5.28 Å². The molecule has 0 bridgehead atoms. The predicted octanol–water partition coefficient (Wildman–Crippen LogP) is 3.01. The summed E-state index contributed by atoms with van der Waals surface area (Å²) in [5.74, 6) is 1.07. The first-order valence-electron chi connectivity index (χ1n) is 8.61. The molecule has 2 aromatic rings. The van der Waals surface area contributed by atoms with Gasteiger partial charge >= 0.3 is 0 Å². The summed E-state index contributed by atoms with van der Waals surface area (Å²) in [7, 11) is 1.57. The first kappa shape index (κ1) is 17.6. The predicted molar refractivity (Wildman–Crippen MR) is 94.1 cm³/mol. The van der Waals surface area contributed by atoms with Gasteiger partial charge in [0.15, 0.2) is 0 Å². The van der Waals surface area contributed by atoms with Crippen LogP contribution >= 0.6 is 0 Å². The number of pyridine rings is 2. The van der Waals surface area contributed by atoms with Crippen molar-refractivity contribution in [3.8, 4) is 5.88 Å². The number of hydrogen-bond donors (Lipinski definition) is 0. The fourth-order valence-electron chi connectivity index (χ4n) is 3.43. The molecule has 0 amide bonds. The minimum atomic E-state index is -0.277. The van der Waals surface area contributed by atoms with Gasteiger partial charge < -0.3 is 9.64 Å². The third-order valence-corrected chi connectivity index (χ3v) is 5.24. The lowest BCUT2D eigenvalue weighted by molar-refractivity contribution is 0.183. The molecule has 0 saturated carbocycles. The highest BCUT2D eigenvalue weighted by atomic mass is 27.0. The number of aromatic nitrogens is 2. The molecule has 0 spiro atoms. The molecule has 126 valence electrons. The van der Waals surface area contributed by atoms with Crippen molar-refractivity contribution in [2.75, 3.05) is 26.7 Å². The second-order valence-electron chi connectivity index (χ2n) is 6.42. The second-order valence-corrected chi connectivity index (χ2v) is 7.00. The summed E-state index contributed by atoms with van der Waals surface area (Å²) >= 11 is 2.82. The summed E-state index contributed by atoms with van der Waals surface area (Å²) in [4.78, 5) is 11.0. The zero-order valence-corrected chi connectivity index (χ0v) is 15.3. The number of piperidine rings is 1. The van der Waals surface area contributed by atoms with Crippen molar-refractivity contribution in [3.63, 3.8) is 0 Å². The van der Waals surface area contributed by atoms with Crippen molar-refractivity contribution in [2.45, 2.75) is 31.0 Å². The van der Waals surface area contributed by atoms with E-state index in [1.54, 1.807) is 13.2 Å². The van der Waals surface area contributed by atoms with Crippen molar-refractivity contribution in [1.29, 1.82) is 0 Å². The van der Waals surface area contributed by atoms with Gasteiger partial charge in [-0.05, 0) is 44.3 Å². The summed E-state index contributed by atoms with van der Waals surface area (Å²) in [5.41, 5.74) is 1.98. The standard InChI is InChI=1S/C18H23FN3O.Al/c1-3-13-6-9-22(10-7-13)11-8-14-15(19)12-20-16-4-5-17(23-2)21-18(14)16;/h4-5,12-13H,1,3,6-11H2,2H3;. The lowest BCUT2D eigenvalue weighted by Gasteiger charge is -2.32. The van der Waals surface area contributed by atoms with E-state index in [1.165, 1.54) is 30.7 Å². The molecule has 1 fully saturated rings. The Bertz CT molecular complexity index is 689. The fraction of sp³-hybridized carbons (Fsp3) is 0.556. The van der Waals surface area contributed by atoms with E-state index in [9.17, 15) is 4.39 Å². The lowest BCUT2D eigenvalue weighted by atomic mass is 9.94. The minimum Gasteiger partial charge on any atom is -0.481 e. The van der Waals surface area contributed by atoms with E-state index in [0.717, 1.165) is 25.6 Å². The SMILES string of the molecule is COc1ccc2ncc(F)c(CCN3CCC(C[CH2][Al])CC3)c2n1. The lowest BCUT2D eigenvalue weighted by Crippen LogP contribution is -2.35. The molecule has 0 unspecified atom stereocenters. The molecule has 1 saturated heterocycles. The van der Waals surface area contributed by atoms with Gasteiger partial charge in [-0.3, -0.25) is 4.98 Å². The molecule has 3 rings (SSSR count). The highest BCUT2D eigenvalue weighted by Crippen LogP contribution is 2.24. The summed E-state index contributed by atoms with van der Waals surface area (Å²) in [6, 6.07) is 3.59. The monoisotopic (exact) mass is 343 g/mol. The van der Waals surface area contributed by atoms with Gasteiger partial charge in [0.1, 0.15) is 22.1 Å². The van der Waals surface area contributed by atoms with E-state index in [0.29, 0.717) is 28.9 Å². The second kappa shape index (κ2) is 8.24. The van der Waals surface area contributed by atoms with Crippen LogP contribution in [0.15, 0.2) is 18.3 Å². The maximum atomic E-state index is 14.3. The van der Waals surface area contributed by atoms with Crippen LogP contribution in [-0.4, -0.2) is 57.9 Å². The van der Waals surface area contributed by atoms with E-state index < -0.39 is 0 Å². The van der Waals surface area contributed by atoms with E-state index in [4.69, 9.17) is 4.74 Å². The van der Waals surface area contributed by atoms with Gasteiger partial charge in [-0.2, -0.15) is 0 Å². The third kappa shape index (κ3) is 4.06. The maximum absolute atomic E-state index is 14.3. The Morgan fingerprint density at radius 1 is 1.33 bits per heavy atom. The first-order chi connectivity index (χ1) is 11.7. The average molecular weight is 343 g/mol. The Labute approximate surface area is 150 Å². The molecular weight excluding hydrogens is 320 g/mol. The van der Waals surface area contributed by atoms with Crippen LogP contribution in [0.1, 0.15) is 24.8 Å². The molecule has 1 aliphatic heterocycles. The Balaban J connectivity index is 1.70. The molecule has 6 heteroatoms. The molecular formula is C18H23AlFN3O. The molecule has 0 atom stereocenters. The smallest absolute Gasteiger partial charge is 0.213 e. The highest BCUT2D eigenvalue weighted by Gasteiger charge is 2.19. The Morgan fingerprint density at radius 2 is 2.12 bits per heavy atom. The van der Waals surface area contributed by atoms with Gasteiger partial charge in [-0.25, -0.2) is 9.37 Å². The highest BCUT2D eigenvalue weighted by molar-refractivity contribution is 6.08. The van der Waals surface area contributed by atoms with Gasteiger partial charge in [0.2, 0.25) is 5.88 Å². The summed E-state index contributed by atoms with van der Waals surface area (Å²) in [6.07, 6.45) is 5.75. The van der Waals surface area contributed by atoms with E-state index in [-0.39, 0.29) is 5.82 Å². The van der Waals surface area contributed by atoms with Crippen molar-refractivity contribution in [2.24, 2.45) is 5.92 Å². The molecule has 4 nitrogen and oxygen atoms in total. The van der Waals surface area contributed by atoms with Crippen LogP contribution in [0.2, 0.25) is 5.28 Å². The molecule has 1 aliphatic rings. The zero-order valence-electron chi connectivity index (χ0n) is 14.2. The van der Waals surface area contributed by atoms with Crippen LogP contribution < -0.4 is 4.74 Å². The van der Waals surface area contributed by atoms with Crippen molar-refractivity contribution in [1.82, 2.24) is 14.9 Å². The van der Waals surface area contributed by atoms with Gasteiger partial charge in [-0.1, -0.05) is 6.42 Å². The van der Waals surface area contributed by atoms with E-state index in [1.807, 2.05) is 6.07 Å². The zero-order chi connectivity index (χ0) is 16.9. The summed E-state index contributed by atoms with van der Waals surface area (Å²) in [6.45, 7) is 3.08. The van der Waals surface area contributed by atoms with Crippen LogP contribution in [0.5, 0.6) is 5.88 Å². The largest absolute Gasteiger partial charge is 0.481 e. The number of rotatable bonds is 6. The third-order valence-electron chi connectivity index (χ3n) is 4.91. The normalized spacial score (nSPS) is 16.6. The molecule has 0 N–H and O–H groups in total. The van der Waals surface area contributed by atoms with E-state index in [2.05, 4.69) is 31.2 Å². The molecule has 24 heavy (non-hydrogen) atoms. The van der Waals surface area contributed by atoms with Gasteiger partial charge in [0, 0.05) is 18.2 Å². The Kier molecular flexibility index (Phi) is 6.05. The molecule has 2 radical (unpaired) electrons. The quantitative estimate of drug-likeness (QED) is 0.756. The number of halogens is 1. The van der Waals surface area contributed by atoms with Crippen LogP contribution in [0, 0.1) is 11.7 Å². The fourth-order valence-corrected chi connectivity index (χ4v) is 3.90. The molecule has 0 aromatic carbocycles. The molecule has 0 aliphatic carbocycles. The average Bonchev–Trinajstić information content (AvgIpc) is 2.62. The van der Waals surface area contributed by atoms with Crippen LogP contribution in [0.25, 0.3) is 11.0 Å². The summed E-state index contributed by atoms with van der Waals surface area (Å²) in [5, 5.41) is 1.19. The van der Waals surface area contributed by atoms with Crippen LogP contribution in [0.4, 0.5) is 4.39 Å². The topological polar surface area (TPSA) is 38.2 Å². The van der Waals surface area contributed by atoms with E-state index >= 15 is 0 Å². The Hall–Kier alpha value is -1.22. The first-order valence-corrected chi connectivity index (χ1v) is 9.43. The van der Waals surface area contributed by atoms with Crippen LogP contribution in [-0.2, 0) is 6.42 Å². The number of hydrogen-bond acceptors (Lipinski definition) is 4. The number of likely N-dealkylation sites (tertiary alicyclic amines) is 1. The maximum Gasteiger partial charge on any atom is 0.213 e. The molecule has 2 aromatic heterocycles. The Morgan fingerprint density at radius 3 is 2.83 bits per heavy atom. The number of nitrogens with zero attached hydrogens (tertiary/aromatic N) is 3. The summed E-state index contributed by atoms with van der Waals surface area (Å²) < 4.78 is 19.5. The van der Waals surface area contributed by atoms with Gasteiger partial charge in [0.25, 0.3) is 0 Å². The molecule has 3 heterocycles. The minimum absolute atomic E-state index is 0.277. The number of fused-ring (bicyclic) bond motifs is 1. The number of ether oxygens (including phenoxy) is 1. The number of methoxy groups -OCH3 is 1. The van der Waals surface area contributed by atoms with Gasteiger partial charge in [0.05, 0.1) is 24.3 Å².